The van der Waals surface area contributed by atoms with Crippen LogP contribution in [0, 0.1) is 0 Å². The SMILES string of the molecule is CN=C(NCC(C)c1ccccc1)N(C)Cc1cccn1C. The van der Waals surface area contributed by atoms with Crippen molar-refractivity contribution in [1.29, 1.82) is 0 Å². The lowest BCUT2D eigenvalue weighted by Gasteiger charge is -2.24. The molecular formula is C18H26N4. The molecule has 1 atom stereocenters. The Morgan fingerprint density at radius 1 is 1.23 bits per heavy atom. The lowest BCUT2D eigenvalue weighted by molar-refractivity contribution is 0.459. The van der Waals surface area contributed by atoms with Crippen molar-refractivity contribution in [3.63, 3.8) is 0 Å². The van der Waals surface area contributed by atoms with Gasteiger partial charge in [-0.2, -0.15) is 0 Å². The van der Waals surface area contributed by atoms with Gasteiger partial charge in [0.25, 0.3) is 0 Å². The van der Waals surface area contributed by atoms with Gasteiger partial charge in [-0.25, -0.2) is 0 Å². The van der Waals surface area contributed by atoms with Crippen molar-refractivity contribution in [2.24, 2.45) is 12.0 Å². The minimum atomic E-state index is 0.446. The van der Waals surface area contributed by atoms with Crippen molar-refractivity contribution >= 4 is 5.96 Å². The average Bonchev–Trinajstić information content (AvgIpc) is 2.93. The lowest BCUT2D eigenvalue weighted by atomic mass is 10.0. The highest BCUT2D eigenvalue weighted by molar-refractivity contribution is 5.79. The number of aryl methyl sites for hydroxylation is 1. The monoisotopic (exact) mass is 298 g/mol. The molecule has 1 aromatic carbocycles. The van der Waals surface area contributed by atoms with E-state index in [1.54, 1.807) is 0 Å². The smallest absolute Gasteiger partial charge is 0.193 e. The number of hydrogen-bond donors (Lipinski definition) is 1. The molecule has 0 saturated heterocycles. The summed E-state index contributed by atoms with van der Waals surface area (Å²) in [6.45, 7) is 3.93. The Morgan fingerprint density at radius 3 is 2.55 bits per heavy atom. The summed E-state index contributed by atoms with van der Waals surface area (Å²) < 4.78 is 2.14. The van der Waals surface area contributed by atoms with Gasteiger partial charge in [-0.1, -0.05) is 37.3 Å². The van der Waals surface area contributed by atoms with Crippen LogP contribution in [0.4, 0.5) is 0 Å². The van der Waals surface area contributed by atoms with Crippen LogP contribution in [0.5, 0.6) is 0 Å². The molecule has 0 bridgehead atoms. The first kappa shape index (κ1) is 16.1. The number of aliphatic imine (C=N–C) groups is 1. The largest absolute Gasteiger partial charge is 0.356 e. The molecule has 0 spiro atoms. The van der Waals surface area contributed by atoms with Gasteiger partial charge in [-0.15, -0.1) is 0 Å². The highest BCUT2D eigenvalue weighted by Crippen LogP contribution is 2.13. The van der Waals surface area contributed by atoms with Gasteiger partial charge >= 0.3 is 0 Å². The van der Waals surface area contributed by atoms with Crippen LogP contribution in [0.2, 0.25) is 0 Å². The first-order valence-corrected chi connectivity index (χ1v) is 7.68. The second kappa shape index (κ2) is 7.69. The molecule has 0 fully saturated rings. The van der Waals surface area contributed by atoms with Crippen molar-refractivity contribution < 1.29 is 0 Å². The Kier molecular flexibility index (Phi) is 5.64. The van der Waals surface area contributed by atoms with E-state index < -0.39 is 0 Å². The molecule has 0 amide bonds. The molecule has 1 aromatic heterocycles. The molecule has 2 aromatic rings. The van der Waals surface area contributed by atoms with Crippen LogP contribution in [0.15, 0.2) is 53.7 Å². The Hall–Kier alpha value is -2.23. The number of rotatable bonds is 5. The fraction of sp³-hybridized carbons (Fsp3) is 0.389. The Labute approximate surface area is 133 Å². The van der Waals surface area contributed by atoms with Crippen LogP contribution >= 0.6 is 0 Å². The van der Waals surface area contributed by atoms with Gasteiger partial charge in [-0.3, -0.25) is 4.99 Å². The summed E-state index contributed by atoms with van der Waals surface area (Å²) >= 11 is 0. The van der Waals surface area contributed by atoms with Crippen LogP contribution in [0.1, 0.15) is 24.1 Å². The Morgan fingerprint density at radius 2 is 1.95 bits per heavy atom. The standard InChI is InChI=1S/C18H26N4/c1-15(16-9-6-5-7-10-16)13-20-18(19-2)22(4)14-17-11-8-12-21(17)3/h5-12,15H,13-14H2,1-4H3,(H,19,20). The second-order valence-corrected chi connectivity index (χ2v) is 5.71. The third-order valence-electron chi connectivity index (χ3n) is 3.96. The van der Waals surface area contributed by atoms with E-state index in [2.05, 4.69) is 89.5 Å². The molecule has 0 radical (unpaired) electrons. The number of nitrogens with one attached hydrogen (secondary N) is 1. The molecule has 1 heterocycles. The molecule has 118 valence electrons. The van der Waals surface area contributed by atoms with Crippen molar-refractivity contribution in [3.8, 4) is 0 Å². The highest BCUT2D eigenvalue weighted by Gasteiger charge is 2.10. The van der Waals surface area contributed by atoms with Gasteiger partial charge in [0.2, 0.25) is 0 Å². The number of nitrogens with zero attached hydrogens (tertiary/aromatic N) is 3. The fourth-order valence-corrected chi connectivity index (χ4v) is 2.51. The zero-order valence-corrected chi connectivity index (χ0v) is 14.0. The number of benzene rings is 1. The Bertz CT molecular complexity index is 601. The van der Waals surface area contributed by atoms with Crippen LogP contribution in [0.3, 0.4) is 0 Å². The summed E-state index contributed by atoms with van der Waals surface area (Å²) in [5.41, 5.74) is 2.61. The average molecular weight is 298 g/mol. The highest BCUT2D eigenvalue weighted by atomic mass is 15.3. The summed E-state index contributed by atoms with van der Waals surface area (Å²) in [4.78, 5) is 6.53. The predicted octanol–water partition coefficient (Wildman–Crippen LogP) is 2.84. The molecule has 4 heteroatoms. The van der Waals surface area contributed by atoms with Gasteiger partial charge in [-0.05, 0) is 23.6 Å². The zero-order valence-electron chi connectivity index (χ0n) is 14.0. The Balaban J connectivity index is 1.91. The van der Waals surface area contributed by atoms with Gasteiger partial charge in [0.15, 0.2) is 5.96 Å². The van der Waals surface area contributed by atoms with Gasteiger partial charge < -0.3 is 14.8 Å². The maximum atomic E-state index is 4.39. The quantitative estimate of drug-likeness (QED) is 0.680. The maximum absolute atomic E-state index is 4.39. The molecule has 1 unspecified atom stereocenters. The molecule has 0 aliphatic heterocycles. The third-order valence-corrected chi connectivity index (χ3v) is 3.96. The van der Waals surface area contributed by atoms with Crippen molar-refractivity contribution in [1.82, 2.24) is 14.8 Å². The first-order chi connectivity index (χ1) is 10.6. The number of aromatic nitrogens is 1. The number of guanidine groups is 1. The van der Waals surface area contributed by atoms with E-state index in [0.29, 0.717) is 5.92 Å². The van der Waals surface area contributed by atoms with Crippen LogP contribution < -0.4 is 5.32 Å². The molecule has 1 N–H and O–H groups in total. The van der Waals surface area contributed by atoms with E-state index in [4.69, 9.17) is 0 Å². The predicted molar refractivity (Wildman–Crippen MR) is 93.1 cm³/mol. The van der Waals surface area contributed by atoms with Crippen LogP contribution in [0.25, 0.3) is 0 Å². The summed E-state index contributed by atoms with van der Waals surface area (Å²) in [7, 11) is 5.96. The summed E-state index contributed by atoms with van der Waals surface area (Å²) in [6, 6.07) is 14.8. The van der Waals surface area contributed by atoms with Crippen LogP contribution in [-0.2, 0) is 13.6 Å². The molecule has 22 heavy (non-hydrogen) atoms. The van der Waals surface area contributed by atoms with Crippen molar-refractivity contribution in [2.75, 3.05) is 20.6 Å². The van der Waals surface area contributed by atoms with Gasteiger partial charge in [0.1, 0.15) is 0 Å². The normalized spacial score (nSPS) is 13.0. The summed E-state index contributed by atoms with van der Waals surface area (Å²) in [5, 5.41) is 3.47. The van der Waals surface area contributed by atoms with E-state index >= 15 is 0 Å². The zero-order chi connectivity index (χ0) is 15.9. The molecule has 4 nitrogen and oxygen atoms in total. The van der Waals surface area contributed by atoms with Crippen molar-refractivity contribution in [2.45, 2.75) is 19.4 Å². The molecule has 0 aliphatic rings. The molecule has 0 aliphatic carbocycles. The van der Waals surface area contributed by atoms with E-state index in [1.165, 1.54) is 11.3 Å². The summed E-state index contributed by atoms with van der Waals surface area (Å²) in [5.74, 6) is 1.37. The minimum Gasteiger partial charge on any atom is -0.356 e. The maximum Gasteiger partial charge on any atom is 0.193 e. The minimum absolute atomic E-state index is 0.446. The van der Waals surface area contributed by atoms with Gasteiger partial charge in [0, 0.05) is 39.6 Å². The van der Waals surface area contributed by atoms with E-state index in [0.717, 1.165) is 19.0 Å². The van der Waals surface area contributed by atoms with E-state index in [9.17, 15) is 0 Å². The molecular weight excluding hydrogens is 272 g/mol. The number of hydrogen-bond acceptors (Lipinski definition) is 1. The second-order valence-electron chi connectivity index (χ2n) is 5.71. The topological polar surface area (TPSA) is 32.6 Å². The first-order valence-electron chi connectivity index (χ1n) is 7.68. The van der Waals surface area contributed by atoms with E-state index in [1.807, 2.05) is 7.05 Å². The molecule has 2 rings (SSSR count). The van der Waals surface area contributed by atoms with Gasteiger partial charge in [0.05, 0.1) is 6.54 Å². The van der Waals surface area contributed by atoms with Crippen molar-refractivity contribution in [3.05, 3.63) is 59.9 Å². The van der Waals surface area contributed by atoms with Crippen LogP contribution in [-0.4, -0.2) is 36.1 Å². The summed E-state index contributed by atoms with van der Waals surface area (Å²) in [6.07, 6.45) is 2.07. The lowest BCUT2D eigenvalue weighted by Crippen LogP contribution is -2.40. The molecule has 0 saturated carbocycles. The third kappa shape index (κ3) is 4.13. The fourth-order valence-electron chi connectivity index (χ4n) is 2.51. The van der Waals surface area contributed by atoms with E-state index in [-0.39, 0.29) is 0 Å².